The number of nitrogens with zero attached hydrogens (tertiary/aromatic N) is 2. The van der Waals surface area contributed by atoms with E-state index in [9.17, 15) is 0 Å². The third kappa shape index (κ3) is 3.49. The molecule has 0 bridgehead atoms. The van der Waals surface area contributed by atoms with Crippen molar-refractivity contribution in [2.45, 2.75) is 12.4 Å². The summed E-state index contributed by atoms with van der Waals surface area (Å²) >= 11 is 6.26. The Morgan fingerprint density at radius 3 is 2.68 bits per heavy atom. The van der Waals surface area contributed by atoms with Crippen LogP contribution in [0.1, 0.15) is 23.5 Å². The molecule has 1 unspecified atom stereocenters. The van der Waals surface area contributed by atoms with Gasteiger partial charge in [-0.25, -0.2) is 4.98 Å². The number of halogens is 1. The Kier molecular flexibility index (Phi) is 4.61. The van der Waals surface area contributed by atoms with Crippen LogP contribution in [0.2, 0.25) is 5.02 Å². The van der Waals surface area contributed by atoms with Gasteiger partial charge in [0, 0.05) is 23.0 Å². The molecule has 0 radical (unpaired) electrons. The summed E-state index contributed by atoms with van der Waals surface area (Å²) in [6.45, 7) is 0.412. The second-order valence-electron chi connectivity index (χ2n) is 5.50. The van der Waals surface area contributed by atoms with E-state index in [0.29, 0.717) is 23.3 Å². The number of aromatic nitrogens is 2. The molecule has 4 rings (SSSR count). The third-order valence-electron chi connectivity index (χ3n) is 3.84. The molecule has 3 heterocycles. The minimum absolute atomic E-state index is 0.231. The summed E-state index contributed by atoms with van der Waals surface area (Å²) in [6.07, 6.45) is 4.17. The van der Waals surface area contributed by atoms with Crippen molar-refractivity contribution in [3.05, 3.63) is 83.3 Å². The molecular weight excluding hydrogens is 340 g/mol. The van der Waals surface area contributed by atoms with E-state index in [-0.39, 0.29) is 6.10 Å². The largest absolute Gasteiger partial charge is 0.437 e. The van der Waals surface area contributed by atoms with Crippen molar-refractivity contribution in [2.75, 3.05) is 6.61 Å². The van der Waals surface area contributed by atoms with E-state index in [2.05, 4.69) is 9.97 Å². The van der Waals surface area contributed by atoms with E-state index in [4.69, 9.17) is 25.8 Å². The van der Waals surface area contributed by atoms with Gasteiger partial charge in [-0.05, 0) is 30.3 Å². The summed E-state index contributed by atoms with van der Waals surface area (Å²) in [6, 6.07) is 14.9. The zero-order valence-electron chi connectivity index (χ0n) is 13.2. The van der Waals surface area contributed by atoms with Crippen LogP contribution in [-0.4, -0.2) is 16.6 Å². The van der Waals surface area contributed by atoms with Crippen molar-refractivity contribution in [1.82, 2.24) is 9.97 Å². The summed E-state index contributed by atoms with van der Waals surface area (Å²) in [4.78, 5) is 8.34. The van der Waals surface area contributed by atoms with Gasteiger partial charge in [-0.2, -0.15) is 0 Å². The van der Waals surface area contributed by atoms with Gasteiger partial charge in [0.1, 0.15) is 11.9 Å². The van der Waals surface area contributed by atoms with E-state index in [1.165, 1.54) is 0 Å². The van der Waals surface area contributed by atoms with Gasteiger partial charge in [0.2, 0.25) is 5.88 Å². The molecule has 25 heavy (non-hydrogen) atoms. The first-order chi connectivity index (χ1) is 12.3. The number of hydrogen-bond donors (Lipinski definition) is 0. The van der Waals surface area contributed by atoms with Crippen LogP contribution in [0.3, 0.4) is 0 Å². The molecule has 1 fully saturated rings. The van der Waals surface area contributed by atoms with Gasteiger partial charge in [-0.3, -0.25) is 4.98 Å². The third-order valence-corrected chi connectivity index (χ3v) is 4.19. The summed E-state index contributed by atoms with van der Waals surface area (Å²) in [5.74, 6) is 1.03. The quantitative estimate of drug-likeness (QED) is 0.679. The topological polar surface area (TPSA) is 53.5 Å². The Labute approximate surface area is 150 Å². The van der Waals surface area contributed by atoms with Crippen LogP contribution in [0.5, 0.6) is 11.6 Å². The molecule has 2 atom stereocenters. The molecule has 0 spiro atoms. The van der Waals surface area contributed by atoms with Crippen molar-refractivity contribution >= 4 is 11.6 Å². The fraction of sp³-hybridized carbons (Fsp3) is 0.158. The predicted octanol–water partition coefficient (Wildman–Crippen LogP) is 4.71. The van der Waals surface area contributed by atoms with E-state index < -0.39 is 6.29 Å². The fourth-order valence-electron chi connectivity index (χ4n) is 2.65. The second kappa shape index (κ2) is 7.19. The maximum absolute atomic E-state index is 6.26. The SMILES string of the molecule is Clc1ccccc1C1CO[C@@H](c2cccnc2Oc2cccnc2)O1. The normalized spacial score (nSPS) is 19.7. The minimum atomic E-state index is -0.568. The van der Waals surface area contributed by atoms with Crippen molar-refractivity contribution in [3.63, 3.8) is 0 Å². The Bertz CT molecular complexity index is 860. The Morgan fingerprint density at radius 2 is 1.84 bits per heavy atom. The van der Waals surface area contributed by atoms with Crippen LogP contribution in [0.25, 0.3) is 0 Å². The van der Waals surface area contributed by atoms with Gasteiger partial charge >= 0.3 is 0 Å². The summed E-state index contributed by atoms with van der Waals surface area (Å²) < 4.78 is 17.7. The average molecular weight is 355 g/mol. The molecule has 1 saturated heterocycles. The monoisotopic (exact) mass is 354 g/mol. The molecule has 0 amide bonds. The average Bonchev–Trinajstić information content (AvgIpc) is 3.13. The van der Waals surface area contributed by atoms with Crippen LogP contribution in [0.15, 0.2) is 67.1 Å². The summed E-state index contributed by atoms with van der Waals surface area (Å²) in [5.41, 5.74) is 1.63. The first-order valence-corrected chi connectivity index (χ1v) is 8.23. The minimum Gasteiger partial charge on any atom is -0.437 e. The zero-order valence-corrected chi connectivity index (χ0v) is 14.0. The molecule has 6 heteroatoms. The van der Waals surface area contributed by atoms with E-state index >= 15 is 0 Å². The highest BCUT2D eigenvalue weighted by atomic mass is 35.5. The molecule has 2 aromatic heterocycles. The maximum Gasteiger partial charge on any atom is 0.227 e. The summed E-state index contributed by atoms with van der Waals surface area (Å²) in [5, 5.41) is 0.662. The number of pyridine rings is 2. The van der Waals surface area contributed by atoms with Crippen molar-refractivity contribution in [2.24, 2.45) is 0 Å². The van der Waals surface area contributed by atoms with E-state index in [0.717, 1.165) is 11.1 Å². The van der Waals surface area contributed by atoms with Crippen LogP contribution in [-0.2, 0) is 9.47 Å². The van der Waals surface area contributed by atoms with Crippen molar-refractivity contribution < 1.29 is 14.2 Å². The molecule has 0 aliphatic carbocycles. The van der Waals surface area contributed by atoms with Crippen LogP contribution >= 0.6 is 11.6 Å². The molecule has 1 aromatic carbocycles. The van der Waals surface area contributed by atoms with Gasteiger partial charge in [0.25, 0.3) is 0 Å². The maximum atomic E-state index is 6.26. The van der Waals surface area contributed by atoms with Gasteiger partial charge in [0.05, 0.1) is 18.4 Å². The van der Waals surface area contributed by atoms with Crippen LogP contribution in [0, 0.1) is 0 Å². The molecule has 1 aliphatic rings. The lowest BCUT2D eigenvalue weighted by Crippen LogP contribution is -2.04. The first kappa shape index (κ1) is 16.0. The molecule has 0 saturated carbocycles. The van der Waals surface area contributed by atoms with Crippen LogP contribution < -0.4 is 4.74 Å². The number of hydrogen-bond acceptors (Lipinski definition) is 5. The zero-order chi connectivity index (χ0) is 17.1. The first-order valence-electron chi connectivity index (χ1n) is 7.85. The molecule has 0 N–H and O–H groups in total. The Morgan fingerprint density at radius 1 is 1.00 bits per heavy atom. The molecule has 5 nitrogen and oxygen atoms in total. The van der Waals surface area contributed by atoms with Gasteiger partial charge in [-0.15, -0.1) is 0 Å². The smallest absolute Gasteiger partial charge is 0.227 e. The molecule has 126 valence electrons. The predicted molar refractivity (Wildman–Crippen MR) is 92.5 cm³/mol. The lowest BCUT2D eigenvalue weighted by molar-refractivity contribution is -0.0620. The number of rotatable bonds is 4. The lowest BCUT2D eigenvalue weighted by atomic mass is 10.1. The van der Waals surface area contributed by atoms with Crippen molar-refractivity contribution in [3.8, 4) is 11.6 Å². The number of ether oxygens (including phenoxy) is 3. The highest BCUT2D eigenvalue weighted by Crippen LogP contribution is 2.40. The van der Waals surface area contributed by atoms with Gasteiger partial charge in [-0.1, -0.05) is 29.8 Å². The van der Waals surface area contributed by atoms with Crippen molar-refractivity contribution in [1.29, 1.82) is 0 Å². The Hall–Kier alpha value is -2.47. The van der Waals surface area contributed by atoms with Gasteiger partial charge in [0.15, 0.2) is 6.29 Å². The molecular formula is C19H15ClN2O3. The standard InChI is InChI=1S/C19H15ClN2O3/c20-16-8-2-1-6-14(16)17-12-23-19(25-17)15-7-4-10-22-18(15)24-13-5-3-9-21-11-13/h1-11,17,19H,12H2/t17?,19-/m1/s1. The Balaban J connectivity index is 1.56. The van der Waals surface area contributed by atoms with Crippen LogP contribution in [0.4, 0.5) is 0 Å². The highest BCUT2D eigenvalue weighted by molar-refractivity contribution is 6.31. The molecule has 3 aromatic rings. The molecule has 1 aliphatic heterocycles. The lowest BCUT2D eigenvalue weighted by Gasteiger charge is -2.15. The summed E-state index contributed by atoms with van der Waals surface area (Å²) in [7, 11) is 0. The van der Waals surface area contributed by atoms with Gasteiger partial charge < -0.3 is 14.2 Å². The van der Waals surface area contributed by atoms with E-state index in [1.807, 2.05) is 42.5 Å². The second-order valence-corrected chi connectivity index (χ2v) is 5.91. The fourth-order valence-corrected chi connectivity index (χ4v) is 2.91. The highest BCUT2D eigenvalue weighted by Gasteiger charge is 2.32. The van der Waals surface area contributed by atoms with E-state index in [1.54, 1.807) is 24.7 Å². The number of benzene rings is 1.